The van der Waals surface area contributed by atoms with Gasteiger partial charge < -0.3 is 15.0 Å². The average molecular weight is 486 g/mol. The molecule has 1 aromatic heterocycles. The van der Waals surface area contributed by atoms with E-state index in [0.29, 0.717) is 30.1 Å². The molecular formula is C22H35N3O5S2. The summed E-state index contributed by atoms with van der Waals surface area (Å²) >= 11 is 1.24. The van der Waals surface area contributed by atoms with Gasteiger partial charge in [0.2, 0.25) is 5.91 Å². The Labute approximate surface area is 195 Å². The van der Waals surface area contributed by atoms with E-state index in [4.69, 9.17) is 4.74 Å². The number of carbonyl (C=O) groups is 2. The maximum Gasteiger partial charge on any atom is 0.410 e. The molecule has 2 heterocycles. The highest BCUT2D eigenvalue weighted by atomic mass is 32.2. The van der Waals surface area contributed by atoms with Crippen LogP contribution in [0.2, 0.25) is 0 Å². The Morgan fingerprint density at radius 3 is 2.66 bits per heavy atom. The minimum absolute atomic E-state index is 0.00470. The first kappa shape index (κ1) is 25.0. The number of thiophene rings is 1. The third kappa shape index (κ3) is 5.82. The van der Waals surface area contributed by atoms with Gasteiger partial charge in [-0.2, -0.15) is 4.31 Å². The monoisotopic (exact) mass is 485 g/mol. The van der Waals surface area contributed by atoms with Crippen molar-refractivity contribution in [1.29, 1.82) is 0 Å². The standard InChI is InChI=1S/C22H35N3O5S2/c1-15(24(5)21(27)30-22(2,3)4)8-11-19(26)23-18-10-9-16-13-25(14-17(16)18)32(28,29)20-7-6-12-31-20/h6-7,12,15-18H,8-11,13-14H2,1-5H3,(H,23,26)/t15?,16-,17+,18+/m1/s1. The van der Waals surface area contributed by atoms with Crippen LogP contribution in [-0.4, -0.2) is 67.4 Å². The number of carbonyl (C=O) groups excluding carboxylic acids is 2. The SMILES string of the molecule is CC(CCC(=O)N[C@H]1CC[C@@H]2CN(S(=O)(=O)c3cccs3)C[C@@H]21)N(C)C(=O)OC(C)(C)C. The molecule has 0 radical (unpaired) electrons. The van der Waals surface area contributed by atoms with E-state index < -0.39 is 21.7 Å². The molecule has 1 aliphatic heterocycles. The maximum atomic E-state index is 12.8. The number of ether oxygens (including phenoxy) is 1. The normalized spacial score (nSPS) is 24.7. The maximum absolute atomic E-state index is 12.8. The largest absolute Gasteiger partial charge is 0.444 e. The van der Waals surface area contributed by atoms with Crippen LogP contribution in [0.5, 0.6) is 0 Å². The van der Waals surface area contributed by atoms with E-state index in [1.807, 2.05) is 27.7 Å². The fraction of sp³-hybridized carbons (Fsp3) is 0.727. The summed E-state index contributed by atoms with van der Waals surface area (Å²) in [7, 11) is -1.77. The molecular weight excluding hydrogens is 450 g/mol. The highest BCUT2D eigenvalue weighted by Crippen LogP contribution is 2.40. The number of fused-ring (bicyclic) bond motifs is 1. The molecule has 2 fully saturated rings. The number of nitrogens with one attached hydrogen (secondary N) is 1. The summed E-state index contributed by atoms with van der Waals surface area (Å²) in [6, 6.07) is 3.25. The van der Waals surface area contributed by atoms with Crippen LogP contribution in [0.1, 0.15) is 53.4 Å². The number of sulfonamides is 1. The van der Waals surface area contributed by atoms with E-state index in [-0.39, 0.29) is 29.8 Å². The Bertz CT molecular complexity index is 910. The van der Waals surface area contributed by atoms with Gasteiger partial charge in [0.1, 0.15) is 9.81 Å². The summed E-state index contributed by atoms with van der Waals surface area (Å²) in [6.07, 6.45) is 2.23. The number of nitrogens with zero attached hydrogens (tertiary/aromatic N) is 2. The molecule has 4 atom stereocenters. The molecule has 8 nitrogen and oxygen atoms in total. The first-order valence-corrected chi connectivity index (χ1v) is 13.5. The minimum Gasteiger partial charge on any atom is -0.444 e. The highest BCUT2D eigenvalue weighted by molar-refractivity contribution is 7.91. The molecule has 1 N–H and O–H groups in total. The summed E-state index contributed by atoms with van der Waals surface area (Å²) in [4.78, 5) is 26.3. The Morgan fingerprint density at radius 1 is 1.31 bits per heavy atom. The van der Waals surface area contributed by atoms with E-state index in [1.165, 1.54) is 16.2 Å². The summed E-state index contributed by atoms with van der Waals surface area (Å²) in [5.74, 6) is 0.377. The van der Waals surface area contributed by atoms with Crippen LogP contribution in [0.3, 0.4) is 0 Å². The van der Waals surface area contributed by atoms with Gasteiger partial charge >= 0.3 is 6.09 Å². The Morgan fingerprint density at radius 2 is 2.03 bits per heavy atom. The zero-order valence-corrected chi connectivity index (χ0v) is 21.2. The molecule has 1 saturated heterocycles. The van der Waals surface area contributed by atoms with E-state index in [1.54, 1.807) is 28.9 Å². The van der Waals surface area contributed by atoms with Crippen LogP contribution in [0, 0.1) is 11.8 Å². The van der Waals surface area contributed by atoms with E-state index in [9.17, 15) is 18.0 Å². The van der Waals surface area contributed by atoms with Crippen molar-refractivity contribution in [2.45, 2.75) is 75.3 Å². The molecule has 2 amide bonds. The van der Waals surface area contributed by atoms with Gasteiger partial charge in [0.05, 0.1) is 0 Å². The summed E-state index contributed by atoms with van der Waals surface area (Å²) in [5, 5.41) is 4.90. The molecule has 1 aliphatic carbocycles. The molecule has 2 aliphatic rings. The van der Waals surface area contributed by atoms with Crippen LogP contribution in [0.4, 0.5) is 4.79 Å². The van der Waals surface area contributed by atoms with Gasteiger partial charge in [-0.3, -0.25) is 4.79 Å². The van der Waals surface area contributed by atoms with Crippen molar-refractivity contribution in [2.75, 3.05) is 20.1 Å². The third-order valence-corrected chi connectivity index (χ3v) is 9.60. The second-order valence-corrected chi connectivity index (χ2v) is 13.0. The van der Waals surface area contributed by atoms with Gasteiger partial charge in [-0.15, -0.1) is 11.3 Å². The van der Waals surface area contributed by atoms with Crippen LogP contribution in [0.25, 0.3) is 0 Å². The fourth-order valence-corrected chi connectivity index (χ4v) is 7.14. The van der Waals surface area contributed by atoms with Crippen LogP contribution >= 0.6 is 11.3 Å². The predicted octanol–water partition coefficient (Wildman–Crippen LogP) is 3.30. The molecule has 3 rings (SSSR count). The van der Waals surface area contributed by atoms with Gasteiger partial charge in [-0.25, -0.2) is 13.2 Å². The van der Waals surface area contributed by atoms with Gasteiger partial charge in [-0.05, 0) is 70.2 Å². The zero-order valence-electron chi connectivity index (χ0n) is 19.5. The lowest BCUT2D eigenvalue weighted by Gasteiger charge is -2.29. The highest BCUT2D eigenvalue weighted by Gasteiger charge is 2.46. The van der Waals surface area contributed by atoms with Gasteiger partial charge in [-0.1, -0.05) is 6.07 Å². The Kier molecular flexibility index (Phi) is 7.56. The summed E-state index contributed by atoms with van der Waals surface area (Å²) in [6.45, 7) is 8.33. The lowest BCUT2D eigenvalue weighted by atomic mass is 9.97. The van der Waals surface area contributed by atoms with Crippen molar-refractivity contribution < 1.29 is 22.7 Å². The molecule has 32 heavy (non-hydrogen) atoms. The van der Waals surface area contributed by atoms with E-state index >= 15 is 0 Å². The first-order valence-electron chi connectivity index (χ1n) is 11.2. The summed E-state index contributed by atoms with van der Waals surface area (Å²) in [5.41, 5.74) is -0.562. The van der Waals surface area contributed by atoms with Crippen LogP contribution in [-0.2, 0) is 19.6 Å². The van der Waals surface area contributed by atoms with Gasteiger partial charge in [0, 0.05) is 38.6 Å². The Balaban J connectivity index is 1.48. The zero-order chi connectivity index (χ0) is 23.7. The number of hydrogen-bond donors (Lipinski definition) is 1. The van der Waals surface area contributed by atoms with Crippen molar-refractivity contribution in [2.24, 2.45) is 11.8 Å². The van der Waals surface area contributed by atoms with Crippen molar-refractivity contribution >= 4 is 33.4 Å². The van der Waals surface area contributed by atoms with Crippen molar-refractivity contribution in [3.63, 3.8) is 0 Å². The molecule has 0 spiro atoms. The van der Waals surface area contributed by atoms with Crippen molar-refractivity contribution in [3.8, 4) is 0 Å². The first-order chi connectivity index (χ1) is 14.9. The molecule has 1 unspecified atom stereocenters. The average Bonchev–Trinajstić information content (AvgIpc) is 3.42. The predicted molar refractivity (Wildman–Crippen MR) is 124 cm³/mol. The number of amides is 2. The topological polar surface area (TPSA) is 96.0 Å². The second-order valence-electron chi connectivity index (χ2n) is 9.91. The van der Waals surface area contributed by atoms with E-state index in [2.05, 4.69) is 5.32 Å². The summed E-state index contributed by atoms with van der Waals surface area (Å²) < 4.78 is 33.0. The molecule has 180 valence electrons. The lowest BCUT2D eigenvalue weighted by molar-refractivity contribution is -0.122. The number of rotatable bonds is 7. The minimum atomic E-state index is -3.45. The van der Waals surface area contributed by atoms with Gasteiger partial charge in [0.15, 0.2) is 0 Å². The molecule has 1 saturated carbocycles. The van der Waals surface area contributed by atoms with Crippen LogP contribution in [0.15, 0.2) is 21.7 Å². The van der Waals surface area contributed by atoms with Crippen molar-refractivity contribution in [1.82, 2.24) is 14.5 Å². The second kappa shape index (κ2) is 9.69. The van der Waals surface area contributed by atoms with Gasteiger partial charge in [0.25, 0.3) is 10.0 Å². The Hall–Kier alpha value is -1.65. The molecule has 10 heteroatoms. The van der Waals surface area contributed by atoms with Crippen molar-refractivity contribution in [3.05, 3.63) is 17.5 Å². The molecule has 0 bridgehead atoms. The van der Waals surface area contributed by atoms with Crippen LogP contribution < -0.4 is 5.32 Å². The number of hydrogen-bond acceptors (Lipinski definition) is 6. The third-order valence-electron chi connectivity index (χ3n) is 6.39. The van der Waals surface area contributed by atoms with E-state index in [0.717, 1.165) is 12.8 Å². The molecule has 0 aromatic carbocycles. The fourth-order valence-electron chi connectivity index (χ4n) is 4.46. The quantitative estimate of drug-likeness (QED) is 0.639. The smallest absolute Gasteiger partial charge is 0.410 e. The lowest BCUT2D eigenvalue weighted by Crippen LogP contribution is -2.42. The molecule has 1 aromatic rings.